The molecular formula is C11H10N2O3. The number of carbonyl (C=O) groups is 1. The smallest absolute Gasteiger partial charge is 0.253 e. The molecule has 0 amide bonds. The minimum absolute atomic E-state index is 0.223. The van der Waals surface area contributed by atoms with Gasteiger partial charge in [0.2, 0.25) is 5.89 Å². The summed E-state index contributed by atoms with van der Waals surface area (Å²) in [5, 5.41) is 7.48. The summed E-state index contributed by atoms with van der Waals surface area (Å²) >= 11 is 0. The Bertz CT molecular complexity index is 476. The molecule has 0 radical (unpaired) electrons. The molecule has 0 spiro atoms. The van der Waals surface area contributed by atoms with Crippen molar-refractivity contribution < 1.29 is 13.9 Å². The molecule has 0 aliphatic rings. The van der Waals surface area contributed by atoms with E-state index in [9.17, 15) is 4.79 Å². The molecular weight excluding hydrogens is 208 g/mol. The number of rotatable bonds is 4. The maximum absolute atomic E-state index is 10.4. The summed E-state index contributed by atoms with van der Waals surface area (Å²) in [6, 6.07) is 6.79. The van der Waals surface area contributed by atoms with Crippen LogP contribution >= 0.6 is 0 Å². The van der Waals surface area contributed by atoms with Crippen molar-refractivity contribution in [2.24, 2.45) is 0 Å². The van der Waals surface area contributed by atoms with Crippen LogP contribution in [-0.4, -0.2) is 16.5 Å². The molecule has 1 heterocycles. The Morgan fingerprint density at radius 1 is 1.31 bits per heavy atom. The predicted molar refractivity (Wildman–Crippen MR) is 55.2 cm³/mol. The largest absolute Gasteiger partial charge is 0.484 e. The second kappa shape index (κ2) is 4.57. The van der Waals surface area contributed by atoms with E-state index in [1.165, 1.54) is 0 Å². The molecule has 0 saturated heterocycles. The number of aldehydes is 1. The van der Waals surface area contributed by atoms with Crippen LogP contribution in [0.5, 0.6) is 5.75 Å². The van der Waals surface area contributed by atoms with Gasteiger partial charge in [0.1, 0.15) is 12.0 Å². The molecule has 1 aromatic carbocycles. The van der Waals surface area contributed by atoms with Gasteiger partial charge in [-0.3, -0.25) is 4.79 Å². The Morgan fingerprint density at radius 2 is 2.06 bits per heavy atom. The van der Waals surface area contributed by atoms with Crippen LogP contribution in [0, 0.1) is 6.92 Å². The first-order valence-corrected chi connectivity index (χ1v) is 4.75. The van der Waals surface area contributed by atoms with Crippen molar-refractivity contribution in [3.63, 3.8) is 0 Å². The molecule has 2 aromatic rings. The first kappa shape index (κ1) is 10.4. The second-order valence-corrected chi connectivity index (χ2v) is 3.19. The Morgan fingerprint density at radius 3 is 2.62 bits per heavy atom. The number of aromatic nitrogens is 2. The summed E-state index contributed by atoms with van der Waals surface area (Å²) < 4.78 is 10.5. The average molecular weight is 218 g/mol. The van der Waals surface area contributed by atoms with Crippen molar-refractivity contribution in [1.82, 2.24) is 10.2 Å². The highest BCUT2D eigenvalue weighted by atomic mass is 16.5. The first-order valence-electron chi connectivity index (χ1n) is 4.75. The molecule has 0 atom stereocenters. The van der Waals surface area contributed by atoms with Crippen LogP contribution in [0.2, 0.25) is 0 Å². The van der Waals surface area contributed by atoms with Gasteiger partial charge < -0.3 is 9.15 Å². The van der Waals surface area contributed by atoms with Crippen LogP contribution in [0.3, 0.4) is 0 Å². The van der Waals surface area contributed by atoms with E-state index in [1.54, 1.807) is 31.2 Å². The van der Waals surface area contributed by atoms with Crippen molar-refractivity contribution in [1.29, 1.82) is 0 Å². The van der Waals surface area contributed by atoms with Crippen LogP contribution < -0.4 is 4.74 Å². The lowest BCUT2D eigenvalue weighted by atomic mass is 10.2. The lowest BCUT2D eigenvalue weighted by Crippen LogP contribution is -1.95. The van der Waals surface area contributed by atoms with Gasteiger partial charge >= 0.3 is 0 Å². The van der Waals surface area contributed by atoms with Crippen molar-refractivity contribution in [3.8, 4) is 5.75 Å². The highest BCUT2D eigenvalue weighted by Gasteiger charge is 2.02. The molecule has 16 heavy (non-hydrogen) atoms. The minimum atomic E-state index is 0.223. The molecule has 0 aliphatic heterocycles. The summed E-state index contributed by atoms with van der Waals surface area (Å²) in [5.41, 5.74) is 0.612. The summed E-state index contributed by atoms with van der Waals surface area (Å²) in [5.74, 6) is 1.59. The molecule has 0 N–H and O–H groups in total. The van der Waals surface area contributed by atoms with E-state index in [2.05, 4.69) is 10.2 Å². The third-order valence-electron chi connectivity index (χ3n) is 1.95. The Hall–Kier alpha value is -2.17. The fourth-order valence-corrected chi connectivity index (χ4v) is 1.18. The quantitative estimate of drug-likeness (QED) is 0.731. The molecule has 0 saturated carbocycles. The van der Waals surface area contributed by atoms with Gasteiger partial charge in [-0.05, 0) is 24.3 Å². The van der Waals surface area contributed by atoms with Crippen LogP contribution in [0.15, 0.2) is 28.7 Å². The van der Waals surface area contributed by atoms with Crippen LogP contribution in [0.25, 0.3) is 0 Å². The number of carbonyl (C=O) groups excluding carboxylic acids is 1. The maximum Gasteiger partial charge on any atom is 0.253 e. The van der Waals surface area contributed by atoms with Gasteiger partial charge in [0.05, 0.1) is 0 Å². The number of ether oxygens (including phenoxy) is 1. The van der Waals surface area contributed by atoms with E-state index >= 15 is 0 Å². The zero-order valence-corrected chi connectivity index (χ0v) is 8.71. The number of nitrogens with zero attached hydrogens (tertiary/aromatic N) is 2. The second-order valence-electron chi connectivity index (χ2n) is 3.19. The molecule has 0 aliphatic carbocycles. The molecule has 5 nitrogen and oxygen atoms in total. The van der Waals surface area contributed by atoms with Gasteiger partial charge in [-0.25, -0.2) is 0 Å². The van der Waals surface area contributed by atoms with Crippen LogP contribution in [-0.2, 0) is 6.61 Å². The van der Waals surface area contributed by atoms with Gasteiger partial charge in [-0.15, -0.1) is 10.2 Å². The summed E-state index contributed by atoms with van der Waals surface area (Å²) in [7, 11) is 0. The van der Waals surface area contributed by atoms with E-state index in [0.717, 1.165) is 6.29 Å². The molecule has 2 rings (SSSR count). The zero-order chi connectivity index (χ0) is 11.4. The average Bonchev–Trinajstić information content (AvgIpc) is 2.73. The molecule has 0 bridgehead atoms. The molecule has 5 heteroatoms. The topological polar surface area (TPSA) is 65.2 Å². The molecule has 0 unspecified atom stereocenters. The maximum atomic E-state index is 10.4. The standard InChI is InChI=1S/C11H10N2O3/c1-8-12-13-11(16-8)7-15-10-4-2-9(6-14)3-5-10/h2-6H,7H2,1H3. The summed E-state index contributed by atoms with van der Waals surface area (Å²) in [6.07, 6.45) is 0.783. The number of hydrogen-bond donors (Lipinski definition) is 0. The van der Waals surface area contributed by atoms with E-state index in [4.69, 9.17) is 9.15 Å². The van der Waals surface area contributed by atoms with Crippen LogP contribution in [0.4, 0.5) is 0 Å². The monoisotopic (exact) mass is 218 g/mol. The summed E-state index contributed by atoms with van der Waals surface area (Å²) in [4.78, 5) is 10.4. The molecule has 1 aromatic heterocycles. The Kier molecular flexibility index (Phi) is 2.95. The molecule has 0 fully saturated rings. The van der Waals surface area contributed by atoms with Crippen molar-refractivity contribution in [2.75, 3.05) is 0 Å². The third-order valence-corrected chi connectivity index (χ3v) is 1.95. The fourth-order valence-electron chi connectivity index (χ4n) is 1.18. The van der Waals surface area contributed by atoms with E-state index < -0.39 is 0 Å². The van der Waals surface area contributed by atoms with E-state index in [0.29, 0.717) is 23.1 Å². The van der Waals surface area contributed by atoms with Gasteiger partial charge in [-0.1, -0.05) is 0 Å². The number of benzene rings is 1. The van der Waals surface area contributed by atoms with Crippen LogP contribution in [0.1, 0.15) is 22.1 Å². The van der Waals surface area contributed by atoms with Crippen molar-refractivity contribution >= 4 is 6.29 Å². The lowest BCUT2D eigenvalue weighted by molar-refractivity contribution is 0.112. The van der Waals surface area contributed by atoms with E-state index in [1.807, 2.05) is 0 Å². The summed E-state index contributed by atoms with van der Waals surface area (Å²) in [6.45, 7) is 1.94. The SMILES string of the molecule is Cc1nnc(COc2ccc(C=O)cc2)o1. The minimum Gasteiger partial charge on any atom is -0.484 e. The number of aryl methyl sites for hydroxylation is 1. The molecule has 82 valence electrons. The zero-order valence-electron chi connectivity index (χ0n) is 8.71. The first-order chi connectivity index (χ1) is 7.78. The highest BCUT2D eigenvalue weighted by molar-refractivity contribution is 5.74. The number of hydrogen-bond acceptors (Lipinski definition) is 5. The Balaban J connectivity index is 1.96. The van der Waals surface area contributed by atoms with Gasteiger partial charge in [0, 0.05) is 12.5 Å². The predicted octanol–water partition coefficient (Wildman–Crippen LogP) is 1.77. The van der Waals surface area contributed by atoms with E-state index in [-0.39, 0.29) is 6.61 Å². The van der Waals surface area contributed by atoms with Gasteiger partial charge in [0.15, 0.2) is 6.61 Å². The normalized spacial score (nSPS) is 10.1. The fraction of sp³-hybridized carbons (Fsp3) is 0.182. The third kappa shape index (κ3) is 2.44. The Labute approximate surface area is 92.1 Å². The van der Waals surface area contributed by atoms with Crippen molar-refractivity contribution in [3.05, 3.63) is 41.6 Å². The highest BCUT2D eigenvalue weighted by Crippen LogP contribution is 2.12. The lowest BCUT2D eigenvalue weighted by Gasteiger charge is -2.02. The van der Waals surface area contributed by atoms with Gasteiger partial charge in [-0.2, -0.15) is 0 Å². The van der Waals surface area contributed by atoms with Gasteiger partial charge in [0.25, 0.3) is 5.89 Å². The van der Waals surface area contributed by atoms with Crippen molar-refractivity contribution in [2.45, 2.75) is 13.5 Å².